The molecule has 0 radical (unpaired) electrons. The van der Waals surface area contributed by atoms with Crippen LogP contribution in [-0.2, 0) is 19.1 Å². The number of hydrogen-bond acceptors (Lipinski definition) is 15. The van der Waals surface area contributed by atoms with Crippen molar-refractivity contribution in [3.63, 3.8) is 0 Å². The molecule has 2 N–H and O–H groups in total. The number of piperazine rings is 2. The fourth-order valence-corrected chi connectivity index (χ4v) is 11.4. The minimum absolute atomic E-state index is 0.224. The molecule has 5 aromatic rings. The van der Waals surface area contributed by atoms with Gasteiger partial charge in [0.2, 0.25) is 11.8 Å². The van der Waals surface area contributed by atoms with Crippen LogP contribution in [0.5, 0.6) is 5.75 Å². The van der Waals surface area contributed by atoms with Crippen molar-refractivity contribution in [3.05, 3.63) is 66.6 Å². The molecule has 11 rings (SSSR count). The lowest BCUT2D eigenvalue weighted by Crippen LogP contribution is -2.65. The average Bonchev–Trinajstić information content (AvgIpc) is 4.04. The summed E-state index contributed by atoms with van der Waals surface area (Å²) in [6.45, 7) is 9.00. The molecule has 1 aliphatic carbocycles. The molecule has 2 amide bonds. The number of piperidine rings is 1. The maximum Gasteiger partial charge on any atom is 0.249 e. The van der Waals surface area contributed by atoms with Gasteiger partial charge in [-0.05, 0) is 63.0 Å². The molecule has 2 bridgehead atoms. The van der Waals surface area contributed by atoms with Gasteiger partial charge in [-0.1, -0.05) is 0 Å². The fourth-order valence-electron chi connectivity index (χ4n) is 11.4. The molecule has 356 valence electrons. The van der Waals surface area contributed by atoms with Gasteiger partial charge >= 0.3 is 0 Å². The number of carbonyl (C=O) groups is 2. The Kier molecular flexibility index (Phi) is 12.4. The topological polar surface area (TPSA) is 184 Å². The summed E-state index contributed by atoms with van der Waals surface area (Å²) >= 11 is 0. The predicted octanol–water partition coefficient (Wildman–Crippen LogP) is 4.51. The maximum absolute atomic E-state index is 15.6. The number of nitrogens with one attached hydrogen (secondary N) is 2. The summed E-state index contributed by atoms with van der Waals surface area (Å²) in [4.78, 5) is 43.8. The van der Waals surface area contributed by atoms with Gasteiger partial charge in [-0.3, -0.25) is 29.4 Å². The number of anilines is 3. The SMILES string of the molecule is COc1cc(N2CCN(C3CCC(n4cc(-c5cn6ncc(C#N)c6c(-c6ccc(N7C[C@H]8COC[C@@H](C7)N8CC7CCOCC7)nc6)n5)cn4)CC3)CC2)c(F)cc1NC1CCC(=O)NC1=O. The highest BCUT2D eigenvalue weighted by atomic mass is 19.1. The number of rotatable bonds is 11. The summed E-state index contributed by atoms with van der Waals surface area (Å²) in [6.07, 6.45) is 16.1. The Morgan fingerprint density at radius 1 is 0.868 bits per heavy atom. The van der Waals surface area contributed by atoms with E-state index in [0.717, 1.165) is 115 Å². The number of fused-ring (bicyclic) bond motifs is 3. The van der Waals surface area contributed by atoms with Gasteiger partial charge < -0.3 is 29.3 Å². The second-order valence-corrected chi connectivity index (χ2v) is 19.2. The van der Waals surface area contributed by atoms with Gasteiger partial charge in [0.15, 0.2) is 0 Å². The number of morpholine rings is 1. The van der Waals surface area contributed by atoms with Gasteiger partial charge in [-0.15, -0.1) is 0 Å². The van der Waals surface area contributed by atoms with Crippen LogP contribution in [0.4, 0.5) is 21.6 Å². The molecular weight excluding hydrogens is 870 g/mol. The zero-order chi connectivity index (χ0) is 46.3. The number of nitriles is 1. The number of halogens is 1. The van der Waals surface area contributed by atoms with Crippen molar-refractivity contribution < 1.29 is 28.2 Å². The van der Waals surface area contributed by atoms with Crippen LogP contribution >= 0.6 is 0 Å². The first-order chi connectivity index (χ1) is 33.3. The van der Waals surface area contributed by atoms with Crippen LogP contribution in [0.1, 0.15) is 63.0 Å². The minimum atomic E-state index is -0.641. The Morgan fingerprint density at radius 2 is 1.65 bits per heavy atom. The van der Waals surface area contributed by atoms with Crippen molar-refractivity contribution in [2.45, 2.75) is 81.6 Å². The quantitative estimate of drug-likeness (QED) is 0.176. The van der Waals surface area contributed by atoms with Gasteiger partial charge in [0.05, 0.1) is 79.8 Å². The molecule has 1 unspecified atom stereocenters. The Morgan fingerprint density at radius 3 is 2.37 bits per heavy atom. The number of hydrogen-bond donors (Lipinski definition) is 2. The molecule has 4 aromatic heterocycles. The van der Waals surface area contributed by atoms with E-state index in [1.807, 2.05) is 18.6 Å². The normalized spacial score (nSPS) is 25.3. The van der Waals surface area contributed by atoms with Gasteiger partial charge in [0.1, 0.15) is 40.6 Å². The second kappa shape index (κ2) is 19.1. The Balaban J connectivity index is 0.723. The van der Waals surface area contributed by atoms with E-state index in [2.05, 4.69) is 64.4 Å². The fraction of sp³-hybridized carbons (Fsp3) is 0.531. The van der Waals surface area contributed by atoms with Crippen LogP contribution in [0.2, 0.25) is 0 Å². The molecule has 6 fully saturated rings. The van der Waals surface area contributed by atoms with Crippen molar-refractivity contribution in [1.29, 1.82) is 5.26 Å². The number of pyridine rings is 1. The molecule has 0 spiro atoms. The van der Waals surface area contributed by atoms with E-state index in [0.29, 0.717) is 83.1 Å². The highest BCUT2D eigenvalue weighted by Gasteiger charge is 2.40. The summed E-state index contributed by atoms with van der Waals surface area (Å²) in [7, 11) is 1.53. The smallest absolute Gasteiger partial charge is 0.249 e. The van der Waals surface area contributed by atoms with Crippen LogP contribution in [0.3, 0.4) is 0 Å². The molecule has 9 heterocycles. The molecule has 5 saturated heterocycles. The Bertz CT molecular complexity index is 2670. The number of ether oxygens (including phenoxy) is 3. The monoisotopic (exact) mass is 927 g/mol. The summed E-state index contributed by atoms with van der Waals surface area (Å²) in [5.41, 5.74) is 5.01. The van der Waals surface area contributed by atoms with E-state index in [4.69, 9.17) is 29.3 Å². The summed E-state index contributed by atoms with van der Waals surface area (Å²) < 4.78 is 36.7. The average molecular weight is 928 g/mol. The maximum atomic E-state index is 15.6. The third-order valence-electron chi connectivity index (χ3n) is 15.1. The first-order valence-electron chi connectivity index (χ1n) is 24.2. The largest absolute Gasteiger partial charge is 0.495 e. The molecule has 19 heteroatoms. The van der Waals surface area contributed by atoms with Crippen LogP contribution in [0, 0.1) is 23.1 Å². The van der Waals surface area contributed by atoms with Crippen molar-refractivity contribution in [3.8, 4) is 34.3 Å². The third-order valence-corrected chi connectivity index (χ3v) is 15.1. The first-order valence-corrected chi connectivity index (χ1v) is 24.2. The minimum Gasteiger partial charge on any atom is -0.495 e. The van der Waals surface area contributed by atoms with E-state index < -0.39 is 11.9 Å². The van der Waals surface area contributed by atoms with E-state index >= 15 is 4.39 Å². The van der Waals surface area contributed by atoms with E-state index in [1.165, 1.54) is 13.2 Å². The summed E-state index contributed by atoms with van der Waals surface area (Å²) in [5, 5.41) is 24.9. The van der Waals surface area contributed by atoms with Gasteiger partial charge in [-0.25, -0.2) is 18.9 Å². The second-order valence-electron chi connectivity index (χ2n) is 19.2. The molecule has 68 heavy (non-hydrogen) atoms. The van der Waals surface area contributed by atoms with Crippen molar-refractivity contribution >= 4 is 34.5 Å². The van der Waals surface area contributed by atoms with Gasteiger partial charge in [-0.2, -0.15) is 15.5 Å². The van der Waals surface area contributed by atoms with Crippen molar-refractivity contribution in [2.75, 3.05) is 94.5 Å². The standard InChI is InChI=1S/C49H58FN13O5/c1-66-44-19-43(39(50)18-41(44)55-40-7-9-46(64)57-49(40)65)59-14-12-58(13-15-59)35-3-5-36(6-4-35)62-25-34(23-53-62)42-28-63-48(33(20-51)22-54-63)47(56-42)32-2-8-45(52-21-32)60-26-37-29-68-30-38(27-60)61(37)24-31-10-16-67-17-11-31/h2,8,18-19,21-23,25,28,31,35-38,40,55H,3-7,9-17,24,26-27,29-30H2,1H3,(H,57,64,65)/t35?,36?,37-,38+,40?. The highest BCUT2D eigenvalue weighted by Crippen LogP contribution is 2.37. The number of aromatic nitrogens is 6. The lowest BCUT2D eigenvalue weighted by Gasteiger charge is -2.51. The zero-order valence-electron chi connectivity index (χ0n) is 38.4. The predicted molar refractivity (Wildman–Crippen MR) is 251 cm³/mol. The lowest BCUT2D eigenvalue weighted by molar-refractivity contribution is -0.133. The molecule has 3 atom stereocenters. The van der Waals surface area contributed by atoms with Gasteiger partial charge in [0.25, 0.3) is 0 Å². The number of carbonyl (C=O) groups excluding carboxylic acids is 2. The number of amides is 2. The molecule has 5 aliphatic heterocycles. The molecule has 1 aromatic carbocycles. The van der Waals surface area contributed by atoms with E-state index in [1.54, 1.807) is 16.8 Å². The van der Waals surface area contributed by atoms with Crippen LogP contribution < -0.4 is 25.2 Å². The summed E-state index contributed by atoms with van der Waals surface area (Å²) in [5.74, 6) is 0.935. The van der Waals surface area contributed by atoms with Crippen LogP contribution in [0.15, 0.2) is 55.2 Å². The van der Waals surface area contributed by atoms with Crippen LogP contribution in [-0.4, -0.2) is 154 Å². The van der Waals surface area contributed by atoms with Gasteiger partial charge in [0, 0.05) is 107 Å². The third kappa shape index (κ3) is 8.86. The number of nitrogens with zero attached hydrogens (tertiary/aromatic N) is 11. The lowest BCUT2D eigenvalue weighted by atomic mass is 9.90. The Hall–Kier alpha value is -6.20. The molecule has 1 saturated carbocycles. The van der Waals surface area contributed by atoms with Crippen molar-refractivity contribution in [2.24, 2.45) is 5.92 Å². The highest BCUT2D eigenvalue weighted by molar-refractivity contribution is 6.01. The number of benzene rings is 1. The van der Waals surface area contributed by atoms with Crippen molar-refractivity contribution in [1.82, 2.24) is 44.5 Å². The van der Waals surface area contributed by atoms with E-state index in [9.17, 15) is 14.9 Å². The number of imide groups is 1. The van der Waals surface area contributed by atoms with E-state index in [-0.39, 0.29) is 24.2 Å². The summed E-state index contributed by atoms with van der Waals surface area (Å²) in [6, 6.07) is 10.2. The first kappa shape index (κ1) is 44.3. The molecule has 6 aliphatic rings. The molecule has 18 nitrogen and oxygen atoms in total. The molecular formula is C49H58FN13O5. The van der Waals surface area contributed by atoms with Crippen LogP contribution in [0.25, 0.3) is 28.0 Å². The number of methoxy groups -OCH3 is 1. The Labute approximate surface area is 394 Å². The zero-order valence-corrected chi connectivity index (χ0v) is 38.4.